The number of aryl methyl sites for hydroxylation is 2. The van der Waals surface area contributed by atoms with E-state index in [2.05, 4.69) is 5.32 Å². The van der Waals surface area contributed by atoms with Gasteiger partial charge in [-0.25, -0.2) is 4.68 Å². The van der Waals surface area contributed by atoms with Crippen LogP contribution in [-0.4, -0.2) is 35.9 Å². The van der Waals surface area contributed by atoms with Gasteiger partial charge in [-0.05, 0) is 63.1 Å². The Morgan fingerprint density at radius 1 is 1.03 bits per heavy atom. The topological polar surface area (TPSA) is 65.4 Å². The van der Waals surface area contributed by atoms with Crippen molar-refractivity contribution in [3.63, 3.8) is 0 Å². The van der Waals surface area contributed by atoms with E-state index in [0.29, 0.717) is 22.9 Å². The summed E-state index contributed by atoms with van der Waals surface area (Å²) in [5.41, 5.74) is 4.92. The molecule has 0 atom stereocenters. The predicted octanol–water partition coefficient (Wildman–Crippen LogP) is 4.31. The molecule has 1 amide bonds. The molecule has 0 saturated carbocycles. The van der Waals surface area contributed by atoms with Crippen molar-refractivity contribution in [2.45, 2.75) is 33.7 Å². The van der Waals surface area contributed by atoms with Gasteiger partial charge in [0, 0.05) is 17.7 Å². The summed E-state index contributed by atoms with van der Waals surface area (Å²) in [6, 6.07) is 13.5. The van der Waals surface area contributed by atoms with Crippen molar-refractivity contribution in [2.75, 3.05) is 14.2 Å². The fraction of sp³-hybridized carbons (Fsp3) is 0.304. The van der Waals surface area contributed by atoms with Crippen LogP contribution in [0.5, 0.6) is 11.5 Å². The lowest BCUT2D eigenvalue weighted by atomic mass is 10.1. The molecule has 0 unspecified atom stereocenters. The van der Waals surface area contributed by atoms with Crippen LogP contribution in [0.25, 0.3) is 16.9 Å². The van der Waals surface area contributed by atoms with E-state index < -0.39 is 0 Å². The number of carbonyl (C=O) groups is 1. The average molecular weight is 393 g/mol. The lowest BCUT2D eigenvalue weighted by Crippen LogP contribution is -2.31. The van der Waals surface area contributed by atoms with Crippen LogP contribution in [-0.2, 0) is 0 Å². The smallest absolute Gasteiger partial charge is 0.270 e. The highest BCUT2D eigenvalue weighted by atomic mass is 16.5. The Balaban J connectivity index is 2.20. The molecule has 1 aromatic heterocycles. The molecule has 0 aliphatic heterocycles. The number of rotatable bonds is 6. The Kier molecular flexibility index (Phi) is 5.92. The minimum atomic E-state index is -0.174. The molecule has 0 radical (unpaired) electrons. The minimum absolute atomic E-state index is 0.0171. The van der Waals surface area contributed by atoms with Gasteiger partial charge in [0.15, 0.2) is 0 Å². The van der Waals surface area contributed by atoms with Crippen molar-refractivity contribution < 1.29 is 14.3 Å². The van der Waals surface area contributed by atoms with E-state index in [0.717, 1.165) is 22.4 Å². The average Bonchev–Trinajstić information content (AvgIpc) is 3.13. The van der Waals surface area contributed by atoms with Gasteiger partial charge in [-0.2, -0.15) is 5.10 Å². The maximum Gasteiger partial charge on any atom is 0.270 e. The third-order valence-electron chi connectivity index (χ3n) is 4.64. The number of hydrogen-bond donors (Lipinski definition) is 1. The van der Waals surface area contributed by atoms with E-state index in [1.54, 1.807) is 31.0 Å². The third-order valence-corrected chi connectivity index (χ3v) is 4.64. The van der Waals surface area contributed by atoms with Gasteiger partial charge in [-0.15, -0.1) is 0 Å². The summed E-state index contributed by atoms with van der Waals surface area (Å²) in [6.45, 7) is 7.90. The molecule has 0 saturated heterocycles. The van der Waals surface area contributed by atoms with E-state index in [-0.39, 0.29) is 11.9 Å². The van der Waals surface area contributed by atoms with Crippen molar-refractivity contribution in [3.05, 3.63) is 59.3 Å². The highest BCUT2D eigenvalue weighted by Gasteiger charge is 2.21. The molecule has 6 nitrogen and oxygen atoms in total. The largest absolute Gasteiger partial charge is 0.497 e. The summed E-state index contributed by atoms with van der Waals surface area (Å²) in [7, 11) is 3.21. The van der Waals surface area contributed by atoms with E-state index in [9.17, 15) is 4.79 Å². The van der Waals surface area contributed by atoms with E-state index in [1.165, 1.54) is 0 Å². The van der Waals surface area contributed by atoms with Crippen molar-refractivity contribution in [2.24, 2.45) is 0 Å². The van der Waals surface area contributed by atoms with Gasteiger partial charge in [0.25, 0.3) is 5.91 Å². The zero-order chi connectivity index (χ0) is 21.1. The normalized spacial score (nSPS) is 10.9. The van der Waals surface area contributed by atoms with E-state index in [4.69, 9.17) is 14.6 Å². The highest BCUT2D eigenvalue weighted by Crippen LogP contribution is 2.33. The lowest BCUT2D eigenvalue weighted by Gasteiger charge is -2.13. The molecule has 0 fully saturated rings. The molecule has 152 valence electrons. The minimum Gasteiger partial charge on any atom is -0.497 e. The predicted molar refractivity (Wildman–Crippen MR) is 114 cm³/mol. The van der Waals surface area contributed by atoms with Crippen LogP contribution in [0.15, 0.2) is 42.5 Å². The number of benzene rings is 2. The molecular formula is C23H27N3O3. The van der Waals surface area contributed by atoms with Crippen molar-refractivity contribution in [1.29, 1.82) is 0 Å². The second kappa shape index (κ2) is 8.39. The third kappa shape index (κ3) is 4.26. The van der Waals surface area contributed by atoms with E-state index in [1.807, 2.05) is 58.0 Å². The molecule has 3 aromatic rings. The fourth-order valence-electron chi connectivity index (χ4n) is 3.15. The van der Waals surface area contributed by atoms with Crippen LogP contribution in [0.2, 0.25) is 0 Å². The second-order valence-corrected chi connectivity index (χ2v) is 7.31. The molecule has 0 aliphatic rings. The molecule has 0 spiro atoms. The summed E-state index contributed by atoms with van der Waals surface area (Å²) >= 11 is 0. The quantitative estimate of drug-likeness (QED) is 0.678. The number of hydrogen-bond acceptors (Lipinski definition) is 4. The molecular weight excluding hydrogens is 366 g/mol. The second-order valence-electron chi connectivity index (χ2n) is 7.31. The Morgan fingerprint density at radius 3 is 2.45 bits per heavy atom. The number of nitrogens with one attached hydrogen (secondary N) is 1. The van der Waals surface area contributed by atoms with Gasteiger partial charge in [0.2, 0.25) is 0 Å². The first kappa shape index (κ1) is 20.5. The fourth-order valence-corrected chi connectivity index (χ4v) is 3.15. The molecule has 1 heterocycles. The van der Waals surface area contributed by atoms with Crippen molar-refractivity contribution in [1.82, 2.24) is 15.1 Å². The number of ether oxygens (including phenoxy) is 2. The molecule has 3 rings (SSSR count). The van der Waals surface area contributed by atoms with Crippen LogP contribution in [0.1, 0.15) is 35.5 Å². The van der Waals surface area contributed by atoms with Gasteiger partial charge in [-0.3, -0.25) is 4.79 Å². The molecule has 0 bridgehead atoms. The van der Waals surface area contributed by atoms with Gasteiger partial charge < -0.3 is 14.8 Å². The van der Waals surface area contributed by atoms with E-state index >= 15 is 0 Å². The van der Waals surface area contributed by atoms with Gasteiger partial charge in [0.1, 0.15) is 17.2 Å². The lowest BCUT2D eigenvalue weighted by molar-refractivity contribution is 0.0935. The Morgan fingerprint density at radius 2 is 1.79 bits per heavy atom. The van der Waals surface area contributed by atoms with Crippen LogP contribution in [0.3, 0.4) is 0 Å². The highest BCUT2D eigenvalue weighted by molar-refractivity contribution is 5.94. The number of nitrogens with zero attached hydrogens (tertiary/aromatic N) is 2. The maximum absolute atomic E-state index is 12.9. The molecule has 6 heteroatoms. The number of aromatic nitrogens is 2. The van der Waals surface area contributed by atoms with Crippen LogP contribution in [0, 0.1) is 13.8 Å². The van der Waals surface area contributed by atoms with Gasteiger partial charge in [-0.1, -0.05) is 12.1 Å². The zero-order valence-electron chi connectivity index (χ0n) is 17.7. The number of amides is 1. The number of methoxy groups -OCH3 is 2. The first-order valence-corrected chi connectivity index (χ1v) is 9.55. The maximum atomic E-state index is 12.9. The van der Waals surface area contributed by atoms with Gasteiger partial charge in [0.05, 0.1) is 25.6 Å². The first-order valence-electron chi connectivity index (χ1n) is 9.55. The number of carbonyl (C=O) groups excluding carboxylic acids is 1. The van der Waals surface area contributed by atoms with Crippen LogP contribution >= 0.6 is 0 Å². The first-order chi connectivity index (χ1) is 13.8. The summed E-state index contributed by atoms with van der Waals surface area (Å²) in [6.07, 6.45) is 0. The monoisotopic (exact) mass is 393 g/mol. The van der Waals surface area contributed by atoms with Gasteiger partial charge >= 0.3 is 0 Å². The SMILES string of the molecule is COc1ccc(-c2cc(C(=O)NC(C)C)n(-c3cc(C)ccc3C)n2)c(OC)c1. The summed E-state index contributed by atoms with van der Waals surface area (Å²) in [5, 5.41) is 7.74. The molecule has 1 N–H and O–H groups in total. The summed E-state index contributed by atoms with van der Waals surface area (Å²) in [4.78, 5) is 12.9. The zero-order valence-corrected chi connectivity index (χ0v) is 17.7. The molecule has 2 aromatic carbocycles. The van der Waals surface area contributed by atoms with Crippen LogP contribution < -0.4 is 14.8 Å². The molecule has 0 aliphatic carbocycles. The van der Waals surface area contributed by atoms with Crippen molar-refractivity contribution in [3.8, 4) is 28.4 Å². The Labute approximate surface area is 171 Å². The summed E-state index contributed by atoms with van der Waals surface area (Å²) < 4.78 is 12.5. The van der Waals surface area contributed by atoms with Crippen molar-refractivity contribution >= 4 is 5.91 Å². The Hall–Kier alpha value is -3.28. The molecule has 29 heavy (non-hydrogen) atoms. The van der Waals surface area contributed by atoms with Crippen LogP contribution in [0.4, 0.5) is 0 Å². The Bertz CT molecular complexity index is 1040. The standard InChI is InChI=1S/C23H27N3O3/c1-14(2)24-23(27)21-13-19(18-10-9-17(28-5)12-22(18)29-6)25-26(21)20-11-15(3)7-8-16(20)4/h7-14H,1-6H3,(H,24,27). The summed E-state index contributed by atoms with van der Waals surface area (Å²) in [5.74, 6) is 1.15.